The largest absolute Gasteiger partial charge is 0.383 e. The van der Waals surface area contributed by atoms with Crippen molar-refractivity contribution in [2.24, 2.45) is 0 Å². The van der Waals surface area contributed by atoms with E-state index in [-0.39, 0.29) is 16.1 Å². The normalized spacial score (nSPS) is 16.2. The quantitative estimate of drug-likeness (QED) is 0.746. The molecule has 0 radical (unpaired) electrons. The van der Waals surface area contributed by atoms with Gasteiger partial charge in [0.05, 0.1) is 11.5 Å². The Morgan fingerprint density at radius 3 is 2.83 bits per heavy atom. The number of ether oxygens (including phenoxy) is 1. The van der Waals surface area contributed by atoms with Crippen molar-refractivity contribution in [3.8, 4) is 0 Å². The van der Waals surface area contributed by atoms with Gasteiger partial charge in [-0.3, -0.25) is 0 Å². The molecule has 1 aliphatic rings. The molecular formula is C11H15ClN2O3S. The zero-order valence-corrected chi connectivity index (χ0v) is 11.6. The van der Waals surface area contributed by atoms with Gasteiger partial charge < -0.3 is 4.74 Å². The van der Waals surface area contributed by atoms with Gasteiger partial charge in [-0.15, -0.1) is 0 Å². The van der Waals surface area contributed by atoms with Crippen molar-refractivity contribution in [1.29, 1.82) is 0 Å². The molecule has 1 aliphatic carbocycles. The lowest BCUT2D eigenvalue weighted by molar-refractivity contribution is 0.177. The van der Waals surface area contributed by atoms with Crippen LogP contribution in [0.1, 0.15) is 12.8 Å². The minimum Gasteiger partial charge on any atom is -0.383 e. The third kappa shape index (κ3) is 3.00. The van der Waals surface area contributed by atoms with Gasteiger partial charge in [-0.2, -0.15) is 4.31 Å². The maximum atomic E-state index is 12.5. The molecule has 1 aromatic rings. The SMILES string of the molecule is COCCN(C1CC1)S(=O)(=O)c1ccnc(Cl)c1. The molecule has 0 aromatic carbocycles. The van der Waals surface area contributed by atoms with Crippen LogP contribution in [0.15, 0.2) is 23.2 Å². The second kappa shape index (κ2) is 5.52. The average molecular weight is 291 g/mol. The van der Waals surface area contributed by atoms with Crippen LogP contribution in [-0.2, 0) is 14.8 Å². The molecule has 0 spiro atoms. The molecule has 2 rings (SSSR count). The van der Waals surface area contributed by atoms with Gasteiger partial charge in [0.2, 0.25) is 10.0 Å². The van der Waals surface area contributed by atoms with E-state index in [1.807, 2.05) is 0 Å². The molecule has 18 heavy (non-hydrogen) atoms. The summed E-state index contributed by atoms with van der Waals surface area (Å²) in [6, 6.07) is 2.93. The number of sulfonamides is 1. The van der Waals surface area contributed by atoms with Crippen LogP contribution in [0, 0.1) is 0 Å². The molecule has 0 saturated heterocycles. The van der Waals surface area contributed by atoms with Gasteiger partial charge in [0, 0.05) is 25.9 Å². The molecule has 0 aliphatic heterocycles. The Kier molecular flexibility index (Phi) is 4.21. The molecule has 100 valence electrons. The van der Waals surface area contributed by atoms with Gasteiger partial charge in [-0.05, 0) is 25.0 Å². The maximum absolute atomic E-state index is 12.5. The number of rotatable bonds is 6. The summed E-state index contributed by atoms with van der Waals surface area (Å²) in [7, 11) is -1.95. The number of hydrogen-bond donors (Lipinski definition) is 0. The fraction of sp³-hybridized carbons (Fsp3) is 0.545. The molecule has 0 atom stereocenters. The summed E-state index contributed by atoms with van der Waals surface area (Å²) in [5, 5.41) is 0.179. The van der Waals surface area contributed by atoms with Crippen LogP contribution in [-0.4, -0.2) is 44.0 Å². The van der Waals surface area contributed by atoms with Gasteiger partial charge in [0.25, 0.3) is 0 Å². The Hall–Kier alpha value is -0.690. The highest BCUT2D eigenvalue weighted by atomic mass is 35.5. The van der Waals surface area contributed by atoms with E-state index in [1.54, 1.807) is 7.11 Å². The van der Waals surface area contributed by atoms with E-state index in [0.29, 0.717) is 13.2 Å². The molecule has 1 fully saturated rings. The Morgan fingerprint density at radius 1 is 1.56 bits per heavy atom. The van der Waals surface area contributed by atoms with Crippen molar-refractivity contribution in [3.63, 3.8) is 0 Å². The Balaban J connectivity index is 2.27. The van der Waals surface area contributed by atoms with Crippen molar-refractivity contribution in [2.75, 3.05) is 20.3 Å². The lowest BCUT2D eigenvalue weighted by Crippen LogP contribution is -2.35. The first kappa shape index (κ1) is 13.7. The molecular weight excluding hydrogens is 276 g/mol. The number of methoxy groups -OCH3 is 1. The zero-order valence-electron chi connectivity index (χ0n) is 10.0. The van der Waals surface area contributed by atoms with Crippen LogP contribution in [0.3, 0.4) is 0 Å². The summed E-state index contributed by atoms with van der Waals surface area (Å²) >= 11 is 5.74. The van der Waals surface area contributed by atoms with E-state index in [4.69, 9.17) is 16.3 Å². The van der Waals surface area contributed by atoms with Crippen LogP contribution in [0.4, 0.5) is 0 Å². The molecule has 0 bridgehead atoms. The molecule has 1 heterocycles. The van der Waals surface area contributed by atoms with E-state index < -0.39 is 10.0 Å². The number of pyridine rings is 1. The summed E-state index contributed by atoms with van der Waals surface area (Å²) in [6.45, 7) is 0.748. The minimum absolute atomic E-state index is 0.0945. The fourth-order valence-electron chi connectivity index (χ4n) is 1.72. The predicted octanol–water partition coefficient (Wildman–Crippen LogP) is 1.53. The molecule has 5 nitrogen and oxygen atoms in total. The van der Waals surface area contributed by atoms with Crippen molar-refractivity contribution in [1.82, 2.24) is 9.29 Å². The van der Waals surface area contributed by atoms with E-state index in [9.17, 15) is 8.42 Å². The van der Waals surface area contributed by atoms with Crippen LogP contribution < -0.4 is 0 Å². The summed E-state index contributed by atoms with van der Waals surface area (Å²) in [4.78, 5) is 3.98. The number of hydrogen-bond acceptors (Lipinski definition) is 4. The minimum atomic E-state index is -3.50. The van der Waals surface area contributed by atoms with Crippen molar-refractivity contribution >= 4 is 21.6 Å². The highest BCUT2D eigenvalue weighted by Crippen LogP contribution is 2.32. The first-order valence-corrected chi connectivity index (χ1v) is 7.50. The predicted molar refractivity (Wildman–Crippen MR) is 68.0 cm³/mol. The van der Waals surface area contributed by atoms with Crippen LogP contribution in [0.2, 0.25) is 5.15 Å². The summed E-state index contributed by atoms with van der Waals surface area (Å²) in [5.41, 5.74) is 0. The van der Waals surface area contributed by atoms with E-state index >= 15 is 0 Å². The second-order valence-corrected chi connectivity index (χ2v) is 6.43. The Morgan fingerprint density at radius 2 is 2.28 bits per heavy atom. The van der Waals surface area contributed by atoms with Crippen molar-refractivity contribution in [2.45, 2.75) is 23.8 Å². The zero-order chi connectivity index (χ0) is 13.2. The lowest BCUT2D eigenvalue weighted by atomic mass is 10.5. The topological polar surface area (TPSA) is 59.5 Å². The number of aromatic nitrogens is 1. The van der Waals surface area contributed by atoms with Crippen molar-refractivity contribution < 1.29 is 13.2 Å². The van der Waals surface area contributed by atoms with Crippen molar-refractivity contribution in [3.05, 3.63) is 23.5 Å². The molecule has 0 N–H and O–H groups in total. The van der Waals surface area contributed by atoms with Crippen LogP contribution >= 0.6 is 11.6 Å². The monoisotopic (exact) mass is 290 g/mol. The highest BCUT2D eigenvalue weighted by molar-refractivity contribution is 7.89. The van der Waals surface area contributed by atoms with Gasteiger partial charge >= 0.3 is 0 Å². The van der Waals surface area contributed by atoms with E-state index in [2.05, 4.69) is 4.98 Å². The van der Waals surface area contributed by atoms with E-state index in [0.717, 1.165) is 12.8 Å². The number of nitrogens with zero attached hydrogens (tertiary/aromatic N) is 2. The maximum Gasteiger partial charge on any atom is 0.243 e. The van der Waals surface area contributed by atoms with Gasteiger partial charge in [-0.25, -0.2) is 13.4 Å². The van der Waals surface area contributed by atoms with Gasteiger partial charge in [0.15, 0.2) is 0 Å². The highest BCUT2D eigenvalue weighted by Gasteiger charge is 2.37. The van der Waals surface area contributed by atoms with Gasteiger partial charge in [-0.1, -0.05) is 11.6 Å². The first-order valence-electron chi connectivity index (χ1n) is 5.68. The Labute approximate surface area is 112 Å². The third-order valence-electron chi connectivity index (χ3n) is 2.77. The molecule has 1 aromatic heterocycles. The Bertz CT molecular complexity index is 517. The standard InChI is InChI=1S/C11H15ClN2O3S/c1-17-7-6-14(9-2-3-9)18(15,16)10-4-5-13-11(12)8-10/h4-5,8-9H,2-3,6-7H2,1H3. The summed E-state index contributed by atoms with van der Waals surface area (Å²) in [5.74, 6) is 0. The fourth-order valence-corrected chi connectivity index (χ4v) is 3.64. The first-order chi connectivity index (χ1) is 8.55. The lowest BCUT2D eigenvalue weighted by Gasteiger charge is -2.21. The number of halogens is 1. The van der Waals surface area contributed by atoms with Crippen LogP contribution in [0.5, 0.6) is 0 Å². The molecule has 0 amide bonds. The van der Waals surface area contributed by atoms with E-state index in [1.165, 1.54) is 22.6 Å². The molecule has 1 saturated carbocycles. The van der Waals surface area contributed by atoms with Crippen LogP contribution in [0.25, 0.3) is 0 Å². The molecule has 0 unspecified atom stereocenters. The summed E-state index contributed by atoms with van der Waals surface area (Å²) in [6.07, 6.45) is 3.21. The smallest absolute Gasteiger partial charge is 0.243 e. The molecule has 7 heteroatoms. The third-order valence-corrected chi connectivity index (χ3v) is 4.93. The second-order valence-electron chi connectivity index (χ2n) is 4.15. The average Bonchev–Trinajstić information content (AvgIpc) is 3.14. The van der Waals surface area contributed by atoms with Gasteiger partial charge in [0.1, 0.15) is 5.15 Å². The summed E-state index contributed by atoms with van der Waals surface area (Å²) < 4.78 is 31.4.